The normalized spacial score (nSPS) is 11.6. The standard InChI is InChI=1S/C13H7BrClF3/c14-11-5-9(6-12(15)7-11)8-2-1-3-10(4-8)13(16,17)18/h1-7H. The van der Waals surface area contributed by atoms with Crippen LogP contribution in [-0.4, -0.2) is 0 Å². The topological polar surface area (TPSA) is 0 Å². The highest BCUT2D eigenvalue weighted by molar-refractivity contribution is 9.10. The van der Waals surface area contributed by atoms with Crippen LogP contribution in [0.3, 0.4) is 0 Å². The molecule has 0 radical (unpaired) electrons. The third kappa shape index (κ3) is 3.06. The summed E-state index contributed by atoms with van der Waals surface area (Å²) in [6, 6.07) is 10.2. The van der Waals surface area contributed by atoms with Crippen molar-refractivity contribution < 1.29 is 13.2 Å². The summed E-state index contributed by atoms with van der Waals surface area (Å²) in [7, 11) is 0. The molecule has 2 rings (SSSR count). The molecule has 18 heavy (non-hydrogen) atoms. The zero-order valence-electron chi connectivity index (χ0n) is 8.93. The van der Waals surface area contributed by atoms with Gasteiger partial charge in [0.05, 0.1) is 5.56 Å². The molecule has 0 aliphatic rings. The second-order valence-corrected chi connectivity index (χ2v) is 5.09. The third-order valence-corrected chi connectivity index (χ3v) is 3.06. The first-order valence-corrected chi connectivity index (χ1v) is 6.17. The molecule has 0 aliphatic heterocycles. The molecule has 0 N–H and O–H groups in total. The molecule has 0 saturated heterocycles. The lowest BCUT2D eigenvalue weighted by molar-refractivity contribution is -0.137. The predicted molar refractivity (Wildman–Crippen MR) is 69.6 cm³/mol. The molecular formula is C13H7BrClF3. The van der Waals surface area contributed by atoms with E-state index < -0.39 is 11.7 Å². The van der Waals surface area contributed by atoms with E-state index in [2.05, 4.69) is 15.9 Å². The second-order valence-electron chi connectivity index (χ2n) is 3.74. The number of rotatable bonds is 1. The Kier molecular flexibility index (Phi) is 3.69. The van der Waals surface area contributed by atoms with E-state index in [1.807, 2.05) is 0 Å². The van der Waals surface area contributed by atoms with E-state index in [1.165, 1.54) is 6.07 Å². The summed E-state index contributed by atoms with van der Waals surface area (Å²) in [6.07, 6.45) is -4.34. The van der Waals surface area contributed by atoms with Gasteiger partial charge in [-0.1, -0.05) is 39.7 Å². The van der Waals surface area contributed by atoms with E-state index in [1.54, 1.807) is 24.3 Å². The molecule has 0 atom stereocenters. The lowest BCUT2D eigenvalue weighted by Gasteiger charge is -2.09. The summed E-state index contributed by atoms with van der Waals surface area (Å²) in [4.78, 5) is 0. The van der Waals surface area contributed by atoms with Crippen molar-refractivity contribution in [2.24, 2.45) is 0 Å². The van der Waals surface area contributed by atoms with E-state index in [-0.39, 0.29) is 0 Å². The highest BCUT2D eigenvalue weighted by Crippen LogP contribution is 2.33. The maximum Gasteiger partial charge on any atom is 0.416 e. The lowest BCUT2D eigenvalue weighted by atomic mass is 10.0. The minimum absolute atomic E-state index is 0.469. The van der Waals surface area contributed by atoms with Gasteiger partial charge in [0.1, 0.15) is 0 Å². The Morgan fingerprint density at radius 2 is 1.67 bits per heavy atom. The van der Waals surface area contributed by atoms with E-state index in [0.717, 1.165) is 16.6 Å². The van der Waals surface area contributed by atoms with Gasteiger partial charge < -0.3 is 0 Å². The molecule has 0 fully saturated rings. The Morgan fingerprint density at radius 3 is 2.28 bits per heavy atom. The Balaban J connectivity index is 2.51. The first-order valence-electron chi connectivity index (χ1n) is 5.00. The summed E-state index contributed by atoms with van der Waals surface area (Å²) in [5.74, 6) is 0. The number of hydrogen-bond donors (Lipinski definition) is 0. The van der Waals surface area contributed by atoms with Crippen LogP contribution < -0.4 is 0 Å². The van der Waals surface area contributed by atoms with Crippen LogP contribution in [0, 0.1) is 0 Å². The van der Waals surface area contributed by atoms with Gasteiger partial charge in [0.2, 0.25) is 0 Å². The molecule has 0 saturated carbocycles. The highest BCUT2D eigenvalue weighted by Gasteiger charge is 2.30. The van der Waals surface area contributed by atoms with Gasteiger partial charge in [0.15, 0.2) is 0 Å². The minimum atomic E-state index is -4.34. The fourth-order valence-electron chi connectivity index (χ4n) is 1.60. The van der Waals surface area contributed by atoms with Crippen LogP contribution in [-0.2, 0) is 6.18 Å². The molecule has 0 unspecified atom stereocenters. The average molecular weight is 336 g/mol. The molecule has 0 aliphatic carbocycles. The predicted octanol–water partition coefficient (Wildman–Crippen LogP) is 5.79. The SMILES string of the molecule is FC(F)(F)c1cccc(-c2cc(Cl)cc(Br)c2)c1. The molecule has 5 heteroatoms. The quantitative estimate of drug-likeness (QED) is 0.619. The highest BCUT2D eigenvalue weighted by atomic mass is 79.9. The van der Waals surface area contributed by atoms with Crippen LogP contribution in [0.2, 0.25) is 5.02 Å². The fraction of sp³-hybridized carbons (Fsp3) is 0.0769. The Hall–Kier alpha value is -1.000. The first kappa shape index (κ1) is 13.4. The van der Waals surface area contributed by atoms with Crippen molar-refractivity contribution in [2.45, 2.75) is 6.18 Å². The smallest absolute Gasteiger partial charge is 0.166 e. The fourth-order valence-corrected chi connectivity index (χ4v) is 2.46. The van der Waals surface area contributed by atoms with Crippen LogP contribution in [0.25, 0.3) is 11.1 Å². The average Bonchev–Trinajstić information content (AvgIpc) is 2.27. The van der Waals surface area contributed by atoms with Crippen LogP contribution in [0.1, 0.15) is 5.56 Å². The van der Waals surface area contributed by atoms with Crippen molar-refractivity contribution in [3.63, 3.8) is 0 Å². The molecular weight excluding hydrogens is 328 g/mol. The first-order chi connectivity index (χ1) is 8.36. The van der Waals surface area contributed by atoms with Gasteiger partial charge in [-0.2, -0.15) is 13.2 Å². The van der Waals surface area contributed by atoms with E-state index in [4.69, 9.17) is 11.6 Å². The van der Waals surface area contributed by atoms with Gasteiger partial charge in [-0.05, 0) is 41.5 Å². The second kappa shape index (κ2) is 4.94. The Bertz CT molecular complexity index is 558. The lowest BCUT2D eigenvalue weighted by Crippen LogP contribution is -2.04. The summed E-state index contributed by atoms with van der Waals surface area (Å²) >= 11 is 9.14. The zero-order chi connectivity index (χ0) is 13.3. The molecule has 2 aromatic carbocycles. The Labute approximate surface area is 116 Å². The van der Waals surface area contributed by atoms with Gasteiger partial charge in [-0.3, -0.25) is 0 Å². The number of alkyl halides is 3. The third-order valence-electron chi connectivity index (χ3n) is 2.39. The molecule has 0 amide bonds. The maximum absolute atomic E-state index is 12.6. The Morgan fingerprint density at radius 1 is 0.944 bits per heavy atom. The van der Waals surface area contributed by atoms with Crippen LogP contribution in [0.4, 0.5) is 13.2 Å². The molecule has 0 bridgehead atoms. The van der Waals surface area contributed by atoms with Crippen molar-refractivity contribution in [1.29, 1.82) is 0 Å². The maximum atomic E-state index is 12.6. The van der Waals surface area contributed by atoms with Crippen molar-refractivity contribution >= 4 is 27.5 Å². The monoisotopic (exact) mass is 334 g/mol. The molecule has 2 aromatic rings. The number of halogens is 5. The molecule has 0 spiro atoms. The molecule has 0 aromatic heterocycles. The van der Waals surface area contributed by atoms with Crippen LogP contribution in [0.5, 0.6) is 0 Å². The van der Waals surface area contributed by atoms with Gasteiger partial charge in [0.25, 0.3) is 0 Å². The van der Waals surface area contributed by atoms with Crippen molar-refractivity contribution in [1.82, 2.24) is 0 Å². The summed E-state index contributed by atoms with van der Waals surface area (Å²) in [5, 5.41) is 0.469. The van der Waals surface area contributed by atoms with E-state index in [0.29, 0.717) is 16.1 Å². The van der Waals surface area contributed by atoms with E-state index >= 15 is 0 Å². The molecule has 0 heterocycles. The van der Waals surface area contributed by atoms with E-state index in [9.17, 15) is 13.2 Å². The van der Waals surface area contributed by atoms with Crippen molar-refractivity contribution in [3.8, 4) is 11.1 Å². The molecule has 0 nitrogen and oxygen atoms in total. The van der Waals surface area contributed by atoms with Gasteiger partial charge in [0, 0.05) is 9.50 Å². The zero-order valence-corrected chi connectivity index (χ0v) is 11.3. The van der Waals surface area contributed by atoms with Crippen molar-refractivity contribution in [2.75, 3.05) is 0 Å². The summed E-state index contributed by atoms with van der Waals surface area (Å²) in [5.41, 5.74) is 0.449. The van der Waals surface area contributed by atoms with Crippen molar-refractivity contribution in [3.05, 3.63) is 57.5 Å². The minimum Gasteiger partial charge on any atom is -0.166 e. The summed E-state index contributed by atoms with van der Waals surface area (Å²) < 4.78 is 38.5. The molecule has 94 valence electrons. The largest absolute Gasteiger partial charge is 0.416 e. The number of hydrogen-bond acceptors (Lipinski definition) is 0. The van der Waals surface area contributed by atoms with Gasteiger partial charge >= 0.3 is 6.18 Å². The van der Waals surface area contributed by atoms with Gasteiger partial charge in [-0.15, -0.1) is 0 Å². The number of benzene rings is 2. The van der Waals surface area contributed by atoms with Crippen LogP contribution in [0.15, 0.2) is 46.9 Å². The van der Waals surface area contributed by atoms with Gasteiger partial charge in [-0.25, -0.2) is 0 Å². The summed E-state index contributed by atoms with van der Waals surface area (Å²) in [6.45, 7) is 0. The van der Waals surface area contributed by atoms with Crippen LogP contribution >= 0.6 is 27.5 Å².